The molecule has 2 heterocycles. The first kappa shape index (κ1) is 18.7. The number of nitrogens with zero attached hydrogens (tertiary/aromatic N) is 2. The molecular weight excluding hydrogens is 350 g/mol. The monoisotopic (exact) mass is 377 g/mol. The van der Waals surface area contributed by atoms with Gasteiger partial charge < -0.3 is 15.2 Å². The minimum absolute atomic E-state index is 0.0351. The van der Waals surface area contributed by atoms with Crippen molar-refractivity contribution >= 4 is 16.5 Å². The molecule has 0 bridgehead atoms. The van der Waals surface area contributed by atoms with Crippen LogP contribution in [0.1, 0.15) is 17.5 Å². The maximum atomic E-state index is 8.99. The Morgan fingerprint density at radius 2 is 2.18 bits per heavy atom. The van der Waals surface area contributed by atoms with Crippen molar-refractivity contribution in [1.82, 2.24) is 9.88 Å². The summed E-state index contributed by atoms with van der Waals surface area (Å²) in [4.78, 5) is 6.69. The van der Waals surface area contributed by atoms with Gasteiger partial charge in [0.2, 0.25) is 0 Å². The number of anilines is 1. The van der Waals surface area contributed by atoms with E-state index < -0.39 is 0 Å². The molecule has 5 nitrogen and oxygen atoms in total. The van der Waals surface area contributed by atoms with Crippen LogP contribution in [0.5, 0.6) is 5.75 Å². The largest absolute Gasteiger partial charge is 0.491 e. The topological polar surface area (TPSA) is 57.6 Å². The fourth-order valence-electron chi connectivity index (χ4n) is 3.87. The lowest BCUT2D eigenvalue weighted by Gasteiger charge is -2.19. The molecule has 1 aliphatic heterocycles. The third-order valence-electron chi connectivity index (χ3n) is 5.32. The molecule has 0 aliphatic carbocycles. The van der Waals surface area contributed by atoms with Crippen molar-refractivity contribution in [1.29, 1.82) is 0 Å². The van der Waals surface area contributed by atoms with Gasteiger partial charge in [-0.2, -0.15) is 0 Å². The van der Waals surface area contributed by atoms with E-state index in [0.29, 0.717) is 12.6 Å². The highest BCUT2D eigenvalue weighted by Crippen LogP contribution is 2.26. The number of rotatable bonds is 7. The first-order valence-corrected chi connectivity index (χ1v) is 9.88. The summed E-state index contributed by atoms with van der Waals surface area (Å²) < 4.78 is 5.65. The highest BCUT2D eigenvalue weighted by Gasteiger charge is 2.23. The molecule has 146 valence electrons. The molecule has 0 radical (unpaired) electrons. The molecule has 4 rings (SSSR count). The normalized spacial score (nSPS) is 17.1. The summed E-state index contributed by atoms with van der Waals surface area (Å²) >= 11 is 0. The van der Waals surface area contributed by atoms with Gasteiger partial charge in [-0.25, -0.2) is 0 Å². The van der Waals surface area contributed by atoms with E-state index in [4.69, 9.17) is 9.84 Å². The number of pyridine rings is 1. The molecule has 1 aliphatic rings. The maximum Gasteiger partial charge on any atom is 0.122 e. The number of ether oxygens (including phenoxy) is 1. The number of likely N-dealkylation sites (tertiary alicyclic amines) is 1. The minimum Gasteiger partial charge on any atom is -0.491 e. The van der Waals surface area contributed by atoms with Crippen molar-refractivity contribution in [2.24, 2.45) is 0 Å². The molecule has 28 heavy (non-hydrogen) atoms. The molecule has 0 spiro atoms. The Balaban J connectivity index is 1.39. The molecule has 1 fully saturated rings. The average Bonchev–Trinajstić information content (AvgIpc) is 3.15. The Morgan fingerprint density at radius 3 is 3.07 bits per heavy atom. The number of hydrogen-bond donors (Lipinski definition) is 2. The first-order valence-electron chi connectivity index (χ1n) is 9.88. The van der Waals surface area contributed by atoms with E-state index in [1.165, 1.54) is 16.6 Å². The van der Waals surface area contributed by atoms with Crippen LogP contribution >= 0.6 is 0 Å². The van der Waals surface area contributed by atoms with E-state index in [1.807, 2.05) is 19.3 Å². The van der Waals surface area contributed by atoms with Crippen LogP contribution in [0.25, 0.3) is 10.8 Å². The summed E-state index contributed by atoms with van der Waals surface area (Å²) in [6.45, 7) is 5.40. The van der Waals surface area contributed by atoms with Gasteiger partial charge in [-0.3, -0.25) is 9.88 Å². The Labute approximate surface area is 166 Å². The van der Waals surface area contributed by atoms with Gasteiger partial charge in [0.05, 0.1) is 6.61 Å². The molecule has 1 atom stereocenters. The van der Waals surface area contributed by atoms with E-state index in [0.717, 1.165) is 42.8 Å². The fraction of sp³-hybridized carbons (Fsp3) is 0.348. The molecule has 5 heteroatoms. The van der Waals surface area contributed by atoms with Crippen LogP contribution in [0.2, 0.25) is 0 Å². The second-order valence-electron chi connectivity index (χ2n) is 7.44. The Bertz CT molecular complexity index is 939. The van der Waals surface area contributed by atoms with E-state index in [2.05, 4.69) is 57.7 Å². The molecule has 2 aromatic carbocycles. The van der Waals surface area contributed by atoms with Gasteiger partial charge in [-0.05, 0) is 42.7 Å². The SMILES string of the molecule is Cc1ccc(CN2CCC(Nc3cccc4cnccc34)C2)cc1OCCO. The number of benzene rings is 2. The summed E-state index contributed by atoms with van der Waals surface area (Å²) in [5, 5.41) is 15.1. The molecule has 1 saturated heterocycles. The number of hydrogen-bond acceptors (Lipinski definition) is 5. The van der Waals surface area contributed by atoms with Crippen LogP contribution in [0.15, 0.2) is 54.9 Å². The fourth-order valence-corrected chi connectivity index (χ4v) is 3.87. The van der Waals surface area contributed by atoms with E-state index >= 15 is 0 Å². The summed E-state index contributed by atoms with van der Waals surface area (Å²) in [5.41, 5.74) is 3.53. The Morgan fingerprint density at radius 1 is 1.25 bits per heavy atom. The van der Waals surface area contributed by atoms with Crippen molar-refractivity contribution in [2.75, 3.05) is 31.6 Å². The Kier molecular flexibility index (Phi) is 5.74. The quantitative estimate of drug-likeness (QED) is 0.659. The van der Waals surface area contributed by atoms with Crippen molar-refractivity contribution in [3.8, 4) is 5.75 Å². The average molecular weight is 377 g/mol. The maximum absolute atomic E-state index is 8.99. The predicted molar refractivity (Wildman–Crippen MR) is 113 cm³/mol. The summed E-state index contributed by atoms with van der Waals surface area (Å²) in [6.07, 6.45) is 4.89. The number of aryl methyl sites for hydroxylation is 1. The standard InChI is InChI=1S/C23H27N3O2/c1-17-5-6-18(13-23(17)28-12-11-27)15-26-10-8-20(16-26)25-22-4-2-3-19-14-24-9-7-21(19)22/h2-7,9,13-14,20,25,27H,8,10-12,15-16H2,1H3. The van der Waals surface area contributed by atoms with E-state index in [-0.39, 0.29) is 6.61 Å². The van der Waals surface area contributed by atoms with Gasteiger partial charge >= 0.3 is 0 Å². The Hall–Kier alpha value is -2.63. The second-order valence-corrected chi connectivity index (χ2v) is 7.44. The van der Waals surface area contributed by atoms with Crippen LogP contribution in [-0.2, 0) is 6.54 Å². The second kappa shape index (κ2) is 8.59. The summed E-state index contributed by atoms with van der Waals surface area (Å²) in [6, 6.07) is 15.2. The lowest BCUT2D eigenvalue weighted by Crippen LogP contribution is -2.26. The number of aliphatic hydroxyl groups excluding tert-OH is 1. The lowest BCUT2D eigenvalue weighted by atomic mass is 10.1. The molecule has 1 unspecified atom stereocenters. The van der Waals surface area contributed by atoms with Crippen molar-refractivity contribution in [3.05, 3.63) is 66.0 Å². The smallest absolute Gasteiger partial charge is 0.122 e. The number of aliphatic hydroxyl groups is 1. The molecular formula is C23H27N3O2. The van der Waals surface area contributed by atoms with Crippen LogP contribution in [-0.4, -0.2) is 47.3 Å². The lowest BCUT2D eigenvalue weighted by molar-refractivity contribution is 0.200. The summed E-state index contributed by atoms with van der Waals surface area (Å²) in [7, 11) is 0. The van der Waals surface area contributed by atoms with Crippen molar-refractivity contribution in [2.45, 2.75) is 25.9 Å². The predicted octanol–water partition coefficient (Wildman–Crippen LogP) is 3.60. The van der Waals surface area contributed by atoms with Gasteiger partial charge in [-0.1, -0.05) is 24.3 Å². The van der Waals surface area contributed by atoms with E-state index in [9.17, 15) is 0 Å². The first-order chi connectivity index (χ1) is 13.7. The zero-order valence-electron chi connectivity index (χ0n) is 16.3. The number of fused-ring (bicyclic) bond motifs is 1. The van der Waals surface area contributed by atoms with Crippen molar-refractivity contribution in [3.63, 3.8) is 0 Å². The molecule has 0 saturated carbocycles. The minimum atomic E-state index is 0.0351. The van der Waals surface area contributed by atoms with E-state index in [1.54, 1.807) is 0 Å². The number of aromatic nitrogens is 1. The molecule has 2 N–H and O–H groups in total. The number of nitrogens with one attached hydrogen (secondary N) is 1. The van der Waals surface area contributed by atoms with Crippen LogP contribution in [0.4, 0.5) is 5.69 Å². The van der Waals surface area contributed by atoms with Gasteiger partial charge in [0.1, 0.15) is 12.4 Å². The van der Waals surface area contributed by atoms with Gasteiger partial charge in [0.15, 0.2) is 0 Å². The zero-order valence-corrected chi connectivity index (χ0v) is 16.3. The van der Waals surface area contributed by atoms with Gasteiger partial charge in [0, 0.05) is 54.5 Å². The molecule has 0 amide bonds. The van der Waals surface area contributed by atoms with Gasteiger partial charge in [0.25, 0.3) is 0 Å². The molecule has 3 aromatic rings. The third kappa shape index (κ3) is 4.26. The van der Waals surface area contributed by atoms with Crippen LogP contribution in [0, 0.1) is 6.92 Å². The van der Waals surface area contributed by atoms with Gasteiger partial charge in [-0.15, -0.1) is 0 Å². The van der Waals surface area contributed by atoms with Crippen LogP contribution in [0.3, 0.4) is 0 Å². The molecule has 1 aromatic heterocycles. The zero-order chi connectivity index (χ0) is 19.3. The summed E-state index contributed by atoms with van der Waals surface area (Å²) in [5.74, 6) is 0.866. The highest BCUT2D eigenvalue weighted by molar-refractivity contribution is 5.93. The highest BCUT2D eigenvalue weighted by atomic mass is 16.5. The third-order valence-corrected chi connectivity index (χ3v) is 5.32. The van der Waals surface area contributed by atoms with Crippen molar-refractivity contribution < 1.29 is 9.84 Å². The van der Waals surface area contributed by atoms with Crippen LogP contribution < -0.4 is 10.1 Å².